The Morgan fingerprint density at radius 2 is 2.00 bits per heavy atom. The van der Waals surface area contributed by atoms with Crippen LogP contribution >= 0.6 is 0 Å². The minimum atomic E-state index is -1.15. The second kappa shape index (κ2) is 6.00. The standard InChI is InChI=1S/C12H21NO4/c1-3-12(4-2,11(15)16)13-10(14)9-7-5-6-8-17-9/h9H,3-8H2,1-2H3,(H,13,14)(H,15,16). The van der Waals surface area contributed by atoms with E-state index in [9.17, 15) is 14.7 Å². The number of carboxylic acids is 1. The van der Waals surface area contributed by atoms with E-state index in [1.165, 1.54) is 0 Å². The molecule has 0 spiro atoms. The number of hydrogen-bond acceptors (Lipinski definition) is 3. The number of ether oxygens (including phenoxy) is 1. The summed E-state index contributed by atoms with van der Waals surface area (Å²) >= 11 is 0. The van der Waals surface area contributed by atoms with Crippen LogP contribution in [0.15, 0.2) is 0 Å². The summed E-state index contributed by atoms with van der Waals surface area (Å²) in [6.45, 7) is 4.11. The first-order chi connectivity index (χ1) is 8.05. The summed E-state index contributed by atoms with van der Waals surface area (Å²) in [5, 5.41) is 11.9. The van der Waals surface area contributed by atoms with Gasteiger partial charge in [0.1, 0.15) is 11.6 Å². The number of rotatable bonds is 5. The van der Waals surface area contributed by atoms with Crippen molar-refractivity contribution in [3.63, 3.8) is 0 Å². The summed E-state index contributed by atoms with van der Waals surface area (Å²) in [6.07, 6.45) is 2.86. The molecule has 0 aromatic heterocycles. The molecular weight excluding hydrogens is 222 g/mol. The largest absolute Gasteiger partial charge is 0.480 e. The van der Waals surface area contributed by atoms with Crippen LogP contribution in [0.4, 0.5) is 0 Å². The molecule has 1 unspecified atom stereocenters. The molecule has 98 valence electrons. The number of amides is 1. The lowest BCUT2D eigenvalue weighted by atomic mass is 9.92. The normalized spacial score (nSPS) is 20.9. The highest BCUT2D eigenvalue weighted by molar-refractivity contribution is 5.89. The molecule has 5 nitrogen and oxygen atoms in total. The lowest BCUT2D eigenvalue weighted by Crippen LogP contribution is -2.56. The second-order valence-electron chi connectivity index (χ2n) is 4.44. The molecule has 2 N–H and O–H groups in total. The molecule has 1 aliphatic rings. The van der Waals surface area contributed by atoms with Gasteiger partial charge in [-0.05, 0) is 32.1 Å². The first-order valence-electron chi connectivity index (χ1n) is 6.22. The van der Waals surface area contributed by atoms with Crippen molar-refractivity contribution >= 4 is 11.9 Å². The predicted molar refractivity (Wildman–Crippen MR) is 62.7 cm³/mol. The van der Waals surface area contributed by atoms with Gasteiger partial charge in [0.2, 0.25) is 5.91 Å². The van der Waals surface area contributed by atoms with Crippen molar-refractivity contribution in [2.45, 2.75) is 57.6 Å². The number of nitrogens with one attached hydrogen (secondary N) is 1. The van der Waals surface area contributed by atoms with Gasteiger partial charge in [0.25, 0.3) is 0 Å². The molecule has 1 rings (SSSR count). The number of carbonyl (C=O) groups is 2. The molecule has 17 heavy (non-hydrogen) atoms. The molecule has 1 aliphatic heterocycles. The van der Waals surface area contributed by atoms with Crippen molar-refractivity contribution in [3.05, 3.63) is 0 Å². The monoisotopic (exact) mass is 243 g/mol. The van der Waals surface area contributed by atoms with Crippen LogP contribution in [0.2, 0.25) is 0 Å². The SMILES string of the molecule is CCC(CC)(NC(=O)C1CCCCO1)C(=O)O. The fraction of sp³-hybridized carbons (Fsp3) is 0.833. The van der Waals surface area contributed by atoms with E-state index >= 15 is 0 Å². The molecule has 0 saturated carbocycles. The van der Waals surface area contributed by atoms with Gasteiger partial charge in [0.05, 0.1) is 0 Å². The number of carboxylic acid groups (broad SMARTS) is 1. The minimum absolute atomic E-state index is 0.296. The van der Waals surface area contributed by atoms with Crippen LogP contribution in [-0.2, 0) is 14.3 Å². The zero-order valence-electron chi connectivity index (χ0n) is 10.5. The molecule has 1 fully saturated rings. The van der Waals surface area contributed by atoms with E-state index in [-0.39, 0.29) is 5.91 Å². The maximum absolute atomic E-state index is 11.9. The van der Waals surface area contributed by atoms with Crippen molar-refractivity contribution in [1.29, 1.82) is 0 Å². The van der Waals surface area contributed by atoms with Crippen molar-refractivity contribution < 1.29 is 19.4 Å². The van der Waals surface area contributed by atoms with Gasteiger partial charge in [0.15, 0.2) is 0 Å². The summed E-state index contributed by atoms with van der Waals surface area (Å²) in [5.41, 5.74) is -1.15. The molecule has 1 heterocycles. The summed E-state index contributed by atoms with van der Waals surface area (Å²) < 4.78 is 5.35. The molecule has 0 aliphatic carbocycles. The maximum Gasteiger partial charge on any atom is 0.329 e. The third-order valence-electron chi connectivity index (χ3n) is 3.45. The highest BCUT2D eigenvalue weighted by Crippen LogP contribution is 2.18. The third-order valence-corrected chi connectivity index (χ3v) is 3.45. The number of aliphatic carboxylic acids is 1. The average molecular weight is 243 g/mol. The van der Waals surface area contributed by atoms with Crippen LogP contribution in [-0.4, -0.2) is 35.2 Å². The average Bonchev–Trinajstić information content (AvgIpc) is 2.36. The highest BCUT2D eigenvalue weighted by atomic mass is 16.5. The first kappa shape index (κ1) is 14.0. The fourth-order valence-electron chi connectivity index (χ4n) is 2.05. The minimum Gasteiger partial charge on any atom is -0.480 e. The third kappa shape index (κ3) is 3.19. The fourth-order valence-corrected chi connectivity index (χ4v) is 2.05. The number of carbonyl (C=O) groups excluding carboxylic acids is 1. The Balaban J connectivity index is 2.66. The van der Waals surface area contributed by atoms with Crippen molar-refractivity contribution in [3.8, 4) is 0 Å². The molecule has 0 radical (unpaired) electrons. The van der Waals surface area contributed by atoms with E-state index in [4.69, 9.17) is 4.74 Å². The molecular formula is C12H21NO4. The van der Waals surface area contributed by atoms with Gasteiger partial charge < -0.3 is 15.2 Å². The van der Waals surface area contributed by atoms with Gasteiger partial charge in [-0.3, -0.25) is 4.79 Å². The Bertz CT molecular complexity index is 280. The summed E-state index contributed by atoms with van der Waals surface area (Å²) in [6, 6.07) is 0. The molecule has 1 atom stereocenters. The lowest BCUT2D eigenvalue weighted by molar-refractivity contribution is -0.151. The van der Waals surface area contributed by atoms with Crippen LogP contribution in [0.3, 0.4) is 0 Å². The molecule has 1 saturated heterocycles. The molecule has 0 aromatic carbocycles. The van der Waals surface area contributed by atoms with Gasteiger partial charge in [-0.15, -0.1) is 0 Å². The van der Waals surface area contributed by atoms with Crippen LogP contribution in [0, 0.1) is 0 Å². The highest BCUT2D eigenvalue weighted by Gasteiger charge is 2.38. The van der Waals surface area contributed by atoms with Crippen molar-refractivity contribution in [2.24, 2.45) is 0 Å². The van der Waals surface area contributed by atoms with E-state index in [0.717, 1.165) is 12.8 Å². The smallest absolute Gasteiger partial charge is 0.329 e. The summed E-state index contributed by atoms with van der Waals surface area (Å²) in [5.74, 6) is -1.28. The van der Waals surface area contributed by atoms with Gasteiger partial charge in [0, 0.05) is 6.61 Å². The number of hydrogen-bond donors (Lipinski definition) is 2. The van der Waals surface area contributed by atoms with Crippen LogP contribution < -0.4 is 5.32 Å². The predicted octanol–water partition coefficient (Wildman–Crippen LogP) is 1.32. The topological polar surface area (TPSA) is 75.6 Å². The van der Waals surface area contributed by atoms with Gasteiger partial charge >= 0.3 is 5.97 Å². The van der Waals surface area contributed by atoms with E-state index in [1.807, 2.05) is 0 Å². The first-order valence-corrected chi connectivity index (χ1v) is 6.22. The Labute approximate surface area is 102 Å². The Morgan fingerprint density at radius 1 is 1.35 bits per heavy atom. The zero-order valence-corrected chi connectivity index (χ0v) is 10.5. The molecule has 5 heteroatoms. The van der Waals surface area contributed by atoms with Crippen LogP contribution in [0.5, 0.6) is 0 Å². The maximum atomic E-state index is 11.9. The molecule has 1 amide bonds. The van der Waals surface area contributed by atoms with Gasteiger partial charge in [-0.1, -0.05) is 13.8 Å². The second-order valence-corrected chi connectivity index (χ2v) is 4.44. The van der Waals surface area contributed by atoms with Gasteiger partial charge in [-0.2, -0.15) is 0 Å². The van der Waals surface area contributed by atoms with Gasteiger partial charge in [-0.25, -0.2) is 4.79 Å². The Hall–Kier alpha value is -1.10. The van der Waals surface area contributed by atoms with Crippen molar-refractivity contribution in [2.75, 3.05) is 6.61 Å². The van der Waals surface area contributed by atoms with E-state index in [0.29, 0.717) is 25.9 Å². The van der Waals surface area contributed by atoms with Crippen LogP contribution in [0.1, 0.15) is 46.0 Å². The van der Waals surface area contributed by atoms with Crippen LogP contribution in [0.25, 0.3) is 0 Å². The zero-order chi connectivity index (χ0) is 12.9. The summed E-state index contributed by atoms with van der Waals surface area (Å²) in [4.78, 5) is 23.2. The Kier molecular flexibility index (Phi) is 4.93. The van der Waals surface area contributed by atoms with E-state index < -0.39 is 17.6 Å². The molecule has 0 aromatic rings. The Morgan fingerprint density at radius 3 is 2.41 bits per heavy atom. The van der Waals surface area contributed by atoms with E-state index in [2.05, 4.69) is 5.32 Å². The lowest BCUT2D eigenvalue weighted by Gasteiger charge is -2.31. The summed E-state index contributed by atoms with van der Waals surface area (Å²) in [7, 11) is 0. The quantitative estimate of drug-likeness (QED) is 0.763. The van der Waals surface area contributed by atoms with Crippen molar-refractivity contribution in [1.82, 2.24) is 5.32 Å². The van der Waals surface area contributed by atoms with E-state index in [1.54, 1.807) is 13.8 Å². The molecule has 0 bridgehead atoms.